The number of nitrogens with zero attached hydrogens (tertiary/aromatic N) is 3. The van der Waals surface area contributed by atoms with Crippen LogP contribution < -0.4 is 4.74 Å². The maximum Gasteiger partial charge on any atom is 0.270 e. The van der Waals surface area contributed by atoms with Gasteiger partial charge in [0.2, 0.25) is 0 Å². The molecule has 0 bridgehead atoms. The summed E-state index contributed by atoms with van der Waals surface area (Å²) in [5.74, 6) is 0.980. The van der Waals surface area contributed by atoms with E-state index in [9.17, 15) is 4.79 Å². The minimum absolute atomic E-state index is 0.0900. The molecule has 2 fully saturated rings. The van der Waals surface area contributed by atoms with Gasteiger partial charge in [-0.2, -0.15) is 0 Å². The minimum Gasteiger partial charge on any atom is -0.489 e. The van der Waals surface area contributed by atoms with Gasteiger partial charge in [0.15, 0.2) is 0 Å². The molecule has 6 nitrogen and oxygen atoms in total. The van der Waals surface area contributed by atoms with Crippen LogP contribution >= 0.6 is 0 Å². The van der Waals surface area contributed by atoms with Crippen molar-refractivity contribution in [3.05, 3.63) is 30.0 Å². The highest BCUT2D eigenvalue weighted by Gasteiger charge is 2.26. The van der Waals surface area contributed by atoms with Gasteiger partial charge < -0.3 is 18.9 Å². The average molecular weight is 386 g/mol. The van der Waals surface area contributed by atoms with Crippen LogP contribution in [-0.4, -0.2) is 71.8 Å². The normalized spacial score (nSPS) is 21.0. The van der Waals surface area contributed by atoms with E-state index in [0.717, 1.165) is 48.4 Å². The summed E-state index contributed by atoms with van der Waals surface area (Å²) in [6.45, 7) is 11.9. The molecule has 1 atom stereocenters. The first-order valence-electron chi connectivity index (χ1n) is 10.5. The molecule has 4 rings (SSSR count). The molecule has 0 spiro atoms. The Morgan fingerprint density at radius 2 is 2.00 bits per heavy atom. The molecule has 28 heavy (non-hydrogen) atoms. The lowest BCUT2D eigenvalue weighted by molar-refractivity contribution is 0.0296. The molecule has 3 heterocycles. The standard InChI is InChI=1S/C22H31N3O3/c1-4-25-20-6-5-18(28-19-7-8-24(15-19)16(2)3)13-17(20)14-21(25)22(26)23-9-11-27-12-10-23/h5-6,13-14,16,19H,4,7-12,15H2,1-3H3. The summed E-state index contributed by atoms with van der Waals surface area (Å²) in [7, 11) is 0. The second-order valence-electron chi connectivity index (χ2n) is 8.02. The Kier molecular flexibility index (Phi) is 5.60. The van der Waals surface area contributed by atoms with Crippen molar-refractivity contribution in [3.8, 4) is 5.75 Å². The first kappa shape index (κ1) is 19.3. The number of aryl methyl sites for hydroxylation is 1. The Labute approximate surface area is 167 Å². The predicted molar refractivity (Wildman–Crippen MR) is 110 cm³/mol. The molecule has 6 heteroatoms. The van der Waals surface area contributed by atoms with Crippen LogP contribution in [0.25, 0.3) is 10.9 Å². The summed E-state index contributed by atoms with van der Waals surface area (Å²) in [5, 5.41) is 1.06. The van der Waals surface area contributed by atoms with Crippen molar-refractivity contribution in [2.24, 2.45) is 0 Å². The lowest BCUT2D eigenvalue weighted by Crippen LogP contribution is -2.41. The first-order chi connectivity index (χ1) is 13.6. The Balaban J connectivity index is 1.55. The molecule has 1 unspecified atom stereocenters. The Bertz CT molecular complexity index is 839. The van der Waals surface area contributed by atoms with Gasteiger partial charge in [0.1, 0.15) is 17.5 Å². The van der Waals surface area contributed by atoms with Crippen molar-refractivity contribution < 1.29 is 14.3 Å². The second-order valence-corrected chi connectivity index (χ2v) is 8.02. The molecule has 2 saturated heterocycles. The van der Waals surface area contributed by atoms with E-state index >= 15 is 0 Å². The Morgan fingerprint density at radius 3 is 2.68 bits per heavy atom. The van der Waals surface area contributed by atoms with Gasteiger partial charge in [-0.3, -0.25) is 9.69 Å². The van der Waals surface area contributed by atoms with E-state index in [0.29, 0.717) is 32.3 Å². The zero-order chi connectivity index (χ0) is 19.7. The molecule has 2 aliphatic heterocycles. The number of carbonyl (C=O) groups excluding carboxylic acids is 1. The van der Waals surface area contributed by atoms with Crippen molar-refractivity contribution in [3.63, 3.8) is 0 Å². The van der Waals surface area contributed by atoms with Gasteiger partial charge in [0.05, 0.1) is 13.2 Å². The topological polar surface area (TPSA) is 46.9 Å². The lowest BCUT2D eigenvalue weighted by atomic mass is 10.2. The van der Waals surface area contributed by atoms with Gasteiger partial charge in [-0.05, 0) is 51.5 Å². The number of morpholine rings is 1. The summed E-state index contributed by atoms with van der Waals surface area (Å²) in [6, 6.07) is 8.77. The van der Waals surface area contributed by atoms with Crippen LogP contribution in [0.1, 0.15) is 37.7 Å². The van der Waals surface area contributed by atoms with Crippen LogP contribution in [-0.2, 0) is 11.3 Å². The van der Waals surface area contributed by atoms with Crippen LogP contribution in [0.5, 0.6) is 5.75 Å². The highest BCUT2D eigenvalue weighted by Crippen LogP contribution is 2.28. The SMILES string of the molecule is CCn1c(C(=O)N2CCOCC2)cc2cc(OC3CCN(C(C)C)C3)ccc21. The zero-order valence-corrected chi connectivity index (χ0v) is 17.2. The third-order valence-electron chi connectivity index (χ3n) is 5.92. The smallest absolute Gasteiger partial charge is 0.270 e. The third-order valence-corrected chi connectivity index (χ3v) is 5.92. The number of carbonyl (C=O) groups is 1. The van der Waals surface area contributed by atoms with Crippen LogP contribution in [0, 0.1) is 0 Å². The molecular formula is C22H31N3O3. The summed E-state index contributed by atoms with van der Waals surface area (Å²) < 4.78 is 13.7. The van der Waals surface area contributed by atoms with E-state index in [4.69, 9.17) is 9.47 Å². The van der Waals surface area contributed by atoms with Crippen molar-refractivity contribution >= 4 is 16.8 Å². The monoisotopic (exact) mass is 385 g/mol. The number of likely N-dealkylation sites (tertiary alicyclic amines) is 1. The predicted octanol–water partition coefficient (Wildman–Crippen LogP) is 3.00. The summed E-state index contributed by atoms with van der Waals surface area (Å²) in [4.78, 5) is 17.4. The van der Waals surface area contributed by atoms with E-state index in [1.54, 1.807) is 0 Å². The highest BCUT2D eigenvalue weighted by molar-refractivity contribution is 5.99. The van der Waals surface area contributed by atoms with Crippen LogP contribution in [0.4, 0.5) is 0 Å². The van der Waals surface area contributed by atoms with Crippen LogP contribution in [0.3, 0.4) is 0 Å². The number of rotatable bonds is 5. The molecule has 2 aromatic rings. The maximum atomic E-state index is 13.0. The quantitative estimate of drug-likeness (QED) is 0.794. The maximum absolute atomic E-state index is 13.0. The molecule has 1 amide bonds. The van der Waals surface area contributed by atoms with Crippen molar-refractivity contribution in [1.29, 1.82) is 0 Å². The third kappa shape index (κ3) is 3.76. The van der Waals surface area contributed by atoms with E-state index < -0.39 is 0 Å². The summed E-state index contributed by atoms with van der Waals surface area (Å²) >= 11 is 0. The number of hydrogen-bond donors (Lipinski definition) is 0. The number of amides is 1. The number of benzene rings is 1. The van der Waals surface area contributed by atoms with E-state index in [1.807, 2.05) is 17.0 Å². The minimum atomic E-state index is 0.0900. The van der Waals surface area contributed by atoms with Gasteiger partial charge in [0.25, 0.3) is 5.91 Å². The molecule has 0 N–H and O–H groups in total. The summed E-state index contributed by atoms with van der Waals surface area (Å²) in [5.41, 5.74) is 1.84. The van der Waals surface area contributed by atoms with Gasteiger partial charge in [0, 0.05) is 49.7 Å². The van der Waals surface area contributed by atoms with Gasteiger partial charge in [-0.1, -0.05) is 0 Å². The second kappa shape index (κ2) is 8.13. The van der Waals surface area contributed by atoms with Gasteiger partial charge >= 0.3 is 0 Å². The number of ether oxygens (including phenoxy) is 2. The molecule has 0 radical (unpaired) electrons. The molecule has 0 aliphatic carbocycles. The van der Waals surface area contributed by atoms with E-state index in [-0.39, 0.29) is 12.0 Å². The fraction of sp³-hybridized carbons (Fsp3) is 0.591. The average Bonchev–Trinajstić information content (AvgIpc) is 3.32. The largest absolute Gasteiger partial charge is 0.489 e. The summed E-state index contributed by atoms with van der Waals surface area (Å²) in [6.07, 6.45) is 1.30. The van der Waals surface area contributed by atoms with Crippen molar-refractivity contribution in [2.75, 3.05) is 39.4 Å². The lowest BCUT2D eigenvalue weighted by Gasteiger charge is -2.27. The molecular weight excluding hydrogens is 354 g/mol. The Hall–Kier alpha value is -2.05. The molecule has 0 saturated carbocycles. The first-order valence-corrected chi connectivity index (χ1v) is 10.5. The molecule has 1 aromatic carbocycles. The number of hydrogen-bond acceptors (Lipinski definition) is 4. The van der Waals surface area contributed by atoms with Crippen LogP contribution in [0.2, 0.25) is 0 Å². The number of fused-ring (bicyclic) bond motifs is 1. The zero-order valence-electron chi connectivity index (χ0n) is 17.2. The van der Waals surface area contributed by atoms with Gasteiger partial charge in [-0.15, -0.1) is 0 Å². The van der Waals surface area contributed by atoms with E-state index in [1.165, 1.54) is 0 Å². The molecule has 152 valence electrons. The molecule has 2 aliphatic rings. The van der Waals surface area contributed by atoms with Gasteiger partial charge in [-0.25, -0.2) is 0 Å². The van der Waals surface area contributed by atoms with Crippen molar-refractivity contribution in [2.45, 2.75) is 45.9 Å². The fourth-order valence-electron chi connectivity index (χ4n) is 4.28. The van der Waals surface area contributed by atoms with Crippen LogP contribution in [0.15, 0.2) is 24.3 Å². The van der Waals surface area contributed by atoms with Crippen molar-refractivity contribution in [1.82, 2.24) is 14.4 Å². The number of aromatic nitrogens is 1. The molecule has 1 aromatic heterocycles. The Morgan fingerprint density at radius 1 is 1.21 bits per heavy atom. The fourth-order valence-corrected chi connectivity index (χ4v) is 4.28. The van der Waals surface area contributed by atoms with E-state index in [2.05, 4.69) is 42.4 Å². The highest BCUT2D eigenvalue weighted by atomic mass is 16.5.